The van der Waals surface area contributed by atoms with Gasteiger partial charge in [0.15, 0.2) is 0 Å². The molecule has 0 unspecified atom stereocenters. The van der Waals surface area contributed by atoms with Crippen LogP contribution in [0.3, 0.4) is 0 Å². The maximum absolute atomic E-state index is 12.5. The van der Waals surface area contributed by atoms with Gasteiger partial charge in [0.05, 0.1) is 6.26 Å². The Labute approximate surface area is 148 Å². The predicted octanol–water partition coefficient (Wildman–Crippen LogP) is 1.21. The monoisotopic (exact) mass is 365 g/mol. The highest BCUT2D eigenvalue weighted by Crippen LogP contribution is 2.31. The highest BCUT2D eigenvalue weighted by atomic mass is 32.2. The number of nitrogens with one attached hydrogen (secondary N) is 1. The van der Waals surface area contributed by atoms with Crippen LogP contribution in [-0.4, -0.2) is 50.4 Å². The van der Waals surface area contributed by atoms with Crippen LogP contribution in [-0.2, 0) is 26.0 Å². The van der Waals surface area contributed by atoms with Gasteiger partial charge in [0.2, 0.25) is 21.8 Å². The molecule has 3 rings (SSSR count). The molecule has 2 aliphatic heterocycles. The Morgan fingerprint density at radius 2 is 1.84 bits per heavy atom. The van der Waals surface area contributed by atoms with Gasteiger partial charge in [-0.05, 0) is 37.0 Å². The van der Waals surface area contributed by atoms with Gasteiger partial charge < -0.3 is 10.2 Å². The molecule has 0 radical (unpaired) electrons. The van der Waals surface area contributed by atoms with Crippen LogP contribution in [0.25, 0.3) is 0 Å². The third kappa shape index (κ3) is 3.85. The second-order valence-corrected chi connectivity index (χ2v) is 8.67. The molecule has 0 atom stereocenters. The van der Waals surface area contributed by atoms with E-state index in [9.17, 15) is 18.0 Å². The highest BCUT2D eigenvalue weighted by Gasteiger charge is 2.29. The van der Waals surface area contributed by atoms with Crippen molar-refractivity contribution in [2.24, 2.45) is 5.92 Å². The molecular weight excluding hydrogens is 342 g/mol. The summed E-state index contributed by atoms with van der Waals surface area (Å²) in [7, 11) is -3.19. The second kappa shape index (κ2) is 6.76. The molecule has 136 valence electrons. The fourth-order valence-corrected chi connectivity index (χ4v) is 4.35. The minimum absolute atomic E-state index is 0.00428. The molecule has 1 N–H and O–H groups in total. The molecule has 1 saturated heterocycles. The smallest absolute Gasteiger partial charge is 0.227 e. The summed E-state index contributed by atoms with van der Waals surface area (Å²) in [5.74, 6) is -0.300. The first-order valence-corrected chi connectivity index (χ1v) is 10.3. The lowest BCUT2D eigenvalue weighted by atomic mass is 9.97. The summed E-state index contributed by atoms with van der Waals surface area (Å²) in [5, 5.41) is 2.91. The van der Waals surface area contributed by atoms with E-state index in [1.54, 1.807) is 4.90 Å². The number of rotatable bonds is 3. The van der Waals surface area contributed by atoms with Crippen molar-refractivity contribution in [3.8, 4) is 0 Å². The minimum Gasteiger partial charge on any atom is -0.326 e. The lowest BCUT2D eigenvalue weighted by molar-refractivity contribution is -0.121. The van der Waals surface area contributed by atoms with E-state index in [0.29, 0.717) is 38.2 Å². The molecular formula is C17H23N3O4S. The zero-order chi connectivity index (χ0) is 18.2. The topological polar surface area (TPSA) is 86.8 Å². The molecule has 0 aliphatic carbocycles. The van der Waals surface area contributed by atoms with Gasteiger partial charge in [0.25, 0.3) is 0 Å². The molecule has 1 aromatic carbocycles. The van der Waals surface area contributed by atoms with Gasteiger partial charge in [0.1, 0.15) is 0 Å². The lowest BCUT2D eigenvalue weighted by Gasteiger charge is -2.29. The lowest BCUT2D eigenvalue weighted by Crippen LogP contribution is -2.40. The summed E-state index contributed by atoms with van der Waals surface area (Å²) in [6.45, 7) is 2.96. The average molecular weight is 365 g/mol. The average Bonchev–Trinajstić information content (AvgIpc) is 2.97. The van der Waals surface area contributed by atoms with Crippen molar-refractivity contribution in [1.29, 1.82) is 0 Å². The van der Waals surface area contributed by atoms with Crippen molar-refractivity contribution in [1.82, 2.24) is 4.31 Å². The Bertz CT molecular complexity index is 798. The number of carbonyl (C=O) groups excluding carboxylic acids is 2. The van der Waals surface area contributed by atoms with Crippen LogP contribution in [0.4, 0.5) is 11.4 Å². The zero-order valence-corrected chi connectivity index (χ0v) is 15.3. The van der Waals surface area contributed by atoms with Crippen LogP contribution in [0.15, 0.2) is 18.2 Å². The van der Waals surface area contributed by atoms with Crippen molar-refractivity contribution < 1.29 is 18.0 Å². The van der Waals surface area contributed by atoms with Crippen LogP contribution in [0.2, 0.25) is 0 Å². The zero-order valence-electron chi connectivity index (χ0n) is 14.5. The molecule has 1 aromatic rings. The van der Waals surface area contributed by atoms with E-state index in [-0.39, 0.29) is 17.7 Å². The standard InChI is InChI=1S/C17H23N3O4S/c1-12(21)20-10-7-13-3-4-15(11-16(13)20)18-17(22)14-5-8-19(9-6-14)25(2,23)24/h3-4,11,14H,5-10H2,1-2H3,(H,18,22). The first-order chi connectivity index (χ1) is 11.8. The Morgan fingerprint density at radius 3 is 2.44 bits per heavy atom. The number of carbonyl (C=O) groups is 2. The summed E-state index contributed by atoms with van der Waals surface area (Å²) in [6.07, 6.45) is 3.05. The van der Waals surface area contributed by atoms with E-state index in [1.807, 2.05) is 18.2 Å². The predicted molar refractivity (Wildman–Crippen MR) is 95.9 cm³/mol. The summed E-state index contributed by atoms with van der Waals surface area (Å²) >= 11 is 0. The number of hydrogen-bond donors (Lipinski definition) is 1. The number of piperidine rings is 1. The molecule has 0 saturated carbocycles. The van der Waals surface area contributed by atoms with Crippen LogP contribution in [0, 0.1) is 5.92 Å². The Morgan fingerprint density at radius 1 is 1.16 bits per heavy atom. The molecule has 0 aromatic heterocycles. The van der Waals surface area contributed by atoms with E-state index in [2.05, 4.69) is 5.32 Å². The Balaban J connectivity index is 1.65. The van der Waals surface area contributed by atoms with Crippen LogP contribution < -0.4 is 10.2 Å². The SMILES string of the molecule is CC(=O)N1CCc2ccc(NC(=O)C3CCN(S(C)(=O)=O)CC3)cc21. The number of amides is 2. The Kier molecular flexibility index (Phi) is 4.83. The molecule has 1 fully saturated rings. The molecule has 8 heteroatoms. The van der Waals surface area contributed by atoms with E-state index in [1.165, 1.54) is 17.5 Å². The summed E-state index contributed by atoms with van der Waals surface area (Å²) in [5.41, 5.74) is 2.63. The maximum atomic E-state index is 12.5. The van der Waals surface area contributed by atoms with Crippen LogP contribution in [0.1, 0.15) is 25.3 Å². The van der Waals surface area contributed by atoms with Gasteiger partial charge in [-0.1, -0.05) is 6.07 Å². The molecule has 2 aliphatic rings. The van der Waals surface area contributed by atoms with E-state index < -0.39 is 10.0 Å². The largest absolute Gasteiger partial charge is 0.326 e. The third-order valence-electron chi connectivity index (χ3n) is 4.92. The fourth-order valence-electron chi connectivity index (χ4n) is 3.48. The van der Waals surface area contributed by atoms with E-state index in [4.69, 9.17) is 0 Å². The summed E-state index contributed by atoms with van der Waals surface area (Å²) < 4.78 is 24.5. The number of sulfonamides is 1. The van der Waals surface area contributed by atoms with E-state index in [0.717, 1.165) is 17.7 Å². The fraction of sp³-hybridized carbons (Fsp3) is 0.529. The number of anilines is 2. The van der Waals surface area contributed by atoms with Crippen LogP contribution in [0.5, 0.6) is 0 Å². The van der Waals surface area contributed by atoms with Crippen molar-refractivity contribution >= 4 is 33.2 Å². The normalized spacial score (nSPS) is 18.9. The van der Waals surface area contributed by atoms with E-state index >= 15 is 0 Å². The van der Waals surface area contributed by atoms with Crippen molar-refractivity contribution in [2.75, 3.05) is 36.1 Å². The molecule has 7 nitrogen and oxygen atoms in total. The van der Waals surface area contributed by atoms with Gasteiger partial charge in [-0.3, -0.25) is 9.59 Å². The molecule has 25 heavy (non-hydrogen) atoms. The highest BCUT2D eigenvalue weighted by molar-refractivity contribution is 7.88. The number of fused-ring (bicyclic) bond motifs is 1. The van der Waals surface area contributed by atoms with Gasteiger partial charge in [0, 0.05) is 43.9 Å². The first kappa shape index (κ1) is 17.9. The van der Waals surface area contributed by atoms with Gasteiger partial charge in [-0.15, -0.1) is 0 Å². The Hall–Kier alpha value is -1.93. The molecule has 0 bridgehead atoms. The molecule has 2 heterocycles. The summed E-state index contributed by atoms with van der Waals surface area (Å²) in [6, 6.07) is 5.64. The second-order valence-electron chi connectivity index (χ2n) is 6.69. The number of hydrogen-bond acceptors (Lipinski definition) is 4. The number of nitrogens with zero attached hydrogens (tertiary/aromatic N) is 2. The molecule has 2 amide bonds. The quantitative estimate of drug-likeness (QED) is 0.872. The van der Waals surface area contributed by atoms with Crippen molar-refractivity contribution in [3.05, 3.63) is 23.8 Å². The van der Waals surface area contributed by atoms with Gasteiger partial charge in [-0.25, -0.2) is 12.7 Å². The molecule has 0 spiro atoms. The van der Waals surface area contributed by atoms with Crippen molar-refractivity contribution in [2.45, 2.75) is 26.2 Å². The first-order valence-electron chi connectivity index (χ1n) is 8.43. The minimum atomic E-state index is -3.19. The van der Waals surface area contributed by atoms with Gasteiger partial charge in [-0.2, -0.15) is 0 Å². The van der Waals surface area contributed by atoms with Crippen molar-refractivity contribution in [3.63, 3.8) is 0 Å². The number of benzene rings is 1. The third-order valence-corrected chi connectivity index (χ3v) is 6.23. The maximum Gasteiger partial charge on any atom is 0.227 e. The van der Waals surface area contributed by atoms with Gasteiger partial charge >= 0.3 is 0 Å². The van der Waals surface area contributed by atoms with Crippen LogP contribution >= 0.6 is 0 Å². The summed E-state index contributed by atoms with van der Waals surface area (Å²) in [4.78, 5) is 25.9.